The van der Waals surface area contributed by atoms with Crippen LogP contribution in [0.1, 0.15) is 0 Å². The standard InChI is InChI=1S/C24H19N3OS/c29-23-16-19(18-8-3-1-4-9-18)13-14-21(23)26-17-27-22-12-7-15-25-24(22)28-20-10-5-2-6-11-20/h1-17,29H,(H,26,27). The Morgan fingerprint density at radius 3 is 2.34 bits per heavy atom. The van der Waals surface area contributed by atoms with Crippen molar-refractivity contribution in [2.24, 2.45) is 4.99 Å². The van der Waals surface area contributed by atoms with E-state index in [1.807, 2.05) is 72.8 Å². The van der Waals surface area contributed by atoms with Crippen LogP contribution in [0.5, 0.6) is 11.6 Å². The number of anilines is 1. The minimum absolute atomic E-state index is 0.447. The third-order valence-corrected chi connectivity index (χ3v) is 4.61. The summed E-state index contributed by atoms with van der Waals surface area (Å²) in [4.78, 5) is 9.58. The first kappa shape index (κ1) is 18.8. The molecule has 0 aliphatic heterocycles. The highest BCUT2D eigenvalue weighted by molar-refractivity contribution is 7.80. The summed E-state index contributed by atoms with van der Waals surface area (Å²) in [6.07, 6.45) is 3.30. The number of aliphatic imine (C=N–C) groups is 1. The molecule has 1 aromatic heterocycles. The van der Waals surface area contributed by atoms with Gasteiger partial charge in [-0.05, 0) is 47.5 Å². The maximum Gasteiger partial charge on any atom is 0.245 e. The monoisotopic (exact) mass is 397 g/mol. The Morgan fingerprint density at radius 2 is 1.59 bits per heavy atom. The summed E-state index contributed by atoms with van der Waals surface area (Å²) in [5.74, 6) is 1.16. The van der Waals surface area contributed by atoms with Crippen molar-refractivity contribution in [3.8, 4) is 22.8 Å². The molecular weight excluding hydrogens is 378 g/mol. The molecule has 4 aromatic rings. The molecule has 0 amide bonds. The lowest BCUT2D eigenvalue weighted by atomic mass is 10.1. The lowest BCUT2D eigenvalue weighted by molar-refractivity contribution is 0.464. The van der Waals surface area contributed by atoms with Crippen molar-refractivity contribution in [2.45, 2.75) is 4.90 Å². The van der Waals surface area contributed by atoms with Gasteiger partial charge in [-0.25, -0.2) is 9.98 Å². The summed E-state index contributed by atoms with van der Waals surface area (Å²) in [7, 11) is 0. The lowest BCUT2D eigenvalue weighted by Gasteiger charge is -2.09. The minimum Gasteiger partial charge on any atom is -0.437 e. The third-order valence-electron chi connectivity index (χ3n) is 4.24. The average Bonchev–Trinajstić information content (AvgIpc) is 2.77. The van der Waals surface area contributed by atoms with Gasteiger partial charge in [0, 0.05) is 11.1 Å². The maximum atomic E-state index is 5.83. The van der Waals surface area contributed by atoms with Crippen LogP contribution in [-0.4, -0.2) is 11.3 Å². The molecule has 0 unspecified atom stereocenters. The Morgan fingerprint density at radius 1 is 0.828 bits per heavy atom. The molecule has 29 heavy (non-hydrogen) atoms. The summed E-state index contributed by atoms with van der Waals surface area (Å²) < 4.78 is 5.83. The Balaban J connectivity index is 1.48. The maximum absolute atomic E-state index is 5.83. The number of hydrogen-bond acceptors (Lipinski definition) is 4. The first-order valence-corrected chi connectivity index (χ1v) is 9.60. The van der Waals surface area contributed by atoms with E-state index in [-0.39, 0.29) is 0 Å². The summed E-state index contributed by atoms with van der Waals surface area (Å²) in [6, 6.07) is 29.5. The molecule has 0 spiro atoms. The summed E-state index contributed by atoms with van der Waals surface area (Å²) in [5, 5.41) is 3.18. The second-order valence-corrected chi connectivity index (χ2v) is 6.73. The molecule has 5 heteroatoms. The Kier molecular flexibility index (Phi) is 5.88. The number of aromatic nitrogens is 1. The van der Waals surface area contributed by atoms with Crippen LogP contribution in [0.25, 0.3) is 11.1 Å². The number of pyridine rings is 1. The van der Waals surface area contributed by atoms with Crippen molar-refractivity contribution in [2.75, 3.05) is 5.32 Å². The highest BCUT2D eigenvalue weighted by Gasteiger charge is 2.05. The van der Waals surface area contributed by atoms with Crippen molar-refractivity contribution < 1.29 is 4.74 Å². The van der Waals surface area contributed by atoms with Crippen LogP contribution in [-0.2, 0) is 0 Å². The van der Waals surface area contributed by atoms with E-state index in [4.69, 9.17) is 4.74 Å². The van der Waals surface area contributed by atoms with Crippen molar-refractivity contribution in [1.82, 2.24) is 4.98 Å². The molecule has 0 saturated heterocycles. The van der Waals surface area contributed by atoms with Crippen LogP contribution in [0.2, 0.25) is 0 Å². The fourth-order valence-electron chi connectivity index (χ4n) is 2.79. The highest BCUT2D eigenvalue weighted by Crippen LogP contribution is 2.30. The van der Waals surface area contributed by atoms with E-state index < -0.39 is 0 Å². The molecule has 0 saturated carbocycles. The number of nitrogens with zero attached hydrogens (tertiary/aromatic N) is 2. The van der Waals surface area contributed by atoms with Crippen LogP contribution in [0.15, 0.2) is 107 Å². The lowest BCUT2D eigenvalue weighted by Crippen LogP contribution is -1.96. The highest BCUT2D eigenvalue weighted by atomic mass is 32.1. The first-order chi connectivity index (χ1) is 14.3. The Hall–Kier alpha value is -3.57. The molecule has 0 bridgehead atoms. The van der Waals surface area contributed by atoms with Gasteiger partial charge >= 0.3 is 0 Å². The molecule has 142 valence electrons. The zero-order valence-electron chi connectivity index (χ0n) is 15.6. The number of hydrogen-bond donors (Lipinski definition) is 2. The van der Waals surface area contributed by atoms with Crippen molar-refractivity contribution in [3.05, 3.63) is 97.2 Å². The number of thiol groups is 1. The number of ether oxygens (including phenoxy) is 1. The van der Waals surface area contributed by atoms with Gasteiger partial charge in [-0.3, -0.25) is 0 Å². The molecule has 4 nitrogen and oxygen atoms in total. The fraction of sp³-hybridized carbons (Fsp3) is 0. The molecule has 0 aliphatic carbocycles. The van der Waals surface area contributed by atoms with E-state index in [1.54, 1.807) is 12.5 Å². The molecule has 1 heterocycles. The largest absolute Gasteiger partial charge is 0.437 e. The van der Waals surface area contributed by atoms with Gasteiger partial charge < -0.3 is 10.1 Å². The van der Waals surface area contributed by atoms with Crippen molar-refractivity contribution in [1.29, 1.82) is 0 Å². The zero-order valence-corrected chi connectivity index (χ0v) is 16.5. The SMILES string of the molecule is Sc1cc(-c2ccccc2)ccc1NC=Nc1cccnc1Oc1ccccc1. The molecular formula is C24H19N3OS. The van der Waals surface area contributed by atoms with Gasteiger partial charge in [0.25, 0.3) is 0 Å². The number of para-hydroxylation sites is 1. The van der Waals surface area contributed by atoms with Gasteiger partial charge in [-0.15, -0.1) is 12.6 Å². The molecule has 0 aliphatic rings. The predicted octanol–water partition coefficient (Wildman–Crippen LogP) is 6.60. The zero-order chi connectivity index (χ0) is 19.9. The van der Waals surface area contributed by atoms with Gasteiger partial charge in [0.2, 0.25) is 5.88 Å². The minimum atomic E-state index is 0.447. The topological polar surface area (TPSA) is 46.5 Å². The first-order valence-electron chi connectivity index (χ1n) is 9.15. The second-order valence-electron chi connectivity index (χ2n) is 6.24. The van der Waals surface area contributed by atoms with Crippen molar-refractivity contribution in [3.63, 3.8) is 0 Å². The summed E-state index contributed by atoms with van der Waals surface area (Å²) >= 11 is 4.60. The van der Waals surface area contributed by atoms with Crippen LogP contribution in [0.3, 0.4) is 0 Å². The molecule has 0 atom stereocenters. The van der Waals surface area contributed by atoms with Crippen LogP contribution >= 0.6 is 12.6 Å². The van der Waals surface area contributed by atoms with Gasteiger partial charge in [-0.1, -0.05) is 54.6 Å². The molecule has 0 fully saturated rings. The van der Waals surface area contributed by atoms with E-state index in [0.717, 1.165) is 21.7 Å². The van der Waals surface area contributed by atoms with Gasteiger partial charge in [0.1, 0.15) is 11.4 Å². The second kappa shape index (κ2) is 9.08. The van der Waals surface area contributed by atoms with E-state index in [1.165, 1.54) is 0 Å². The normalized spacial score (nSPS) is 10.8. The van der Waals surface area contributed by atoms with Crippen LogP contribution in [0, 0.1) is 0 Å². The van der Waals surface area contributed by atoms with E-state index in [9.17, 15) is 0 Å². The quantitative estimate of drug-likeness (QED) is 0.219. The van der Waals surface area contributed by atoms with Crippen molar-refractivity contribution >= 4 is 30.3 Å². The fourth-order valence-corrected chi connectivity index (χ4v) is 3.07. The predicted molar refractivity (Wildman–Crippen MR) is 122 cm³/mol. The van der Waals surface area contributed by atoms with E-state index in [0.29, 0.717) is 17.3 Å². The summed E-state index contributed by atoms with van der Waals surface area (Å²) in [5.41, 5.74) is 3.77. The number of rotatable bonds is 6. The average molecular weight is 398 g/mol. The van der Waals surface area contributed by atoms with Crippen LogP contribution < -0.4 is 10.1 Å². The number of benzene rings is 3. The summed E-state index contributed by atoms with van der Waals surface area (Å²) in [6.45, 7) is 0. The van der Waals surface area contributed by atoms with Gasteiger partial charge in [0.05, 0.1) is 12.0 Å². The van der Waals surface area contributed by atoms with Gasteiger partial charge in [-0.2, -0.15) is 0 Å². The molecule has 1 N–H and O–H groups in total. The van der Waals surface area contributed by atoms with Gasteiger partial charge in [0.15, 0.2) is 0 Å². The van der Waals surface area contributed by atoms with Crippen LogP contribution in [0.4, 0.5) is 11.4 Å². The smallest absolute Gasteiger partial charge is 0.245 e. The molecule has 3 aromatic carbocycles. The Labute approximate surface area is 175 Å². The number of nitrogens with one attached hydrogen (secondary N) is 1. The molecule has 0 radical (unpaired) electrons. The Bertz CT molecular complexity index is 1120. The molecule has 4 rings (SSSR count). The van der Waals surface area contributed by atoms with E-state index >= 15 is 0 Å². The third kappa shape index (κ3) is 4.83. The van der Waals surface area contributed by atoms with E-state index in [2.05, 4.69) is 46.1 Å².